The number of benzene rings is 2. The van der Waals surface area contributed by atoms with Crippen molar-refractivity contribution >= 4 is 11.7 Å². The summed E-state index contributed by atoms with van der Waals surface area (Å²) in [5.41, 5.74) is 3.45. The number of carbonyl (C=O) groups is 1. The van der Waals surface area contributed by atoms with Gasteiger partial charge in [0.15, 0.2) is 0 Å². The summed E-state index contributed by atoms with van der Waals surface area (Å²) in [7, 11) is 1.69. The lowest BCUT2D eigenvalue weighted by Crippen LogP contribution is -2.51. The molecule has 3 rings (SSSR count). The van der Waals surface area contributed by atoms with Gasteiger partial charge in [0.05, 0.1) is 6.61 Å². The Kier molecular flexibility index (Phi) is 5.90. The number of rotatable bonds is 5. The van der Waals surface area contributed by atoms with E-state index in [0.717, 1.165) is 37.3 Å². The van der Waals surface area contributed by atoms with Crippen LogP contribution in [0.2, 0.25) is 0 Å². The summed E-state index contributed by atoms with van der Waals surface area (Å²) < 4.78 is 5.11. The van der Waals surface area contributed by atoms with Gasteiger partial charge in [-0.1, -0.05) is 42.5 Å². The van der Waals surface area contributed by atoms with Gasteiger partial charge in [0.2, 0.25) is 0 Å². The predicted molar refractivity (Wildman–Crippen MR) is 99.6 cm³/mol. The van der Waals surface area contributed by atoms with E-state index in [1.165, 1.54) is 5.69 Å². The Morgan fingerprint density at radius 2 is 1.60 bits per heavy atom. The van der Waals surface area contributed by atoms with Crippen LogP contribution in [0.1, 0.15) is 11.1 Å². The monoisotopic (exact) mass is 339 g/mol. The third kappa shape index (κ3) is 4.73. The second-order valence-electron chi connectivity index (χ2n) is 6.22. The minimum absolute atomic E-state index is 0.00804. The number of ether oxygens (including phenoxy) is 1. The maximum absolute atomic E-state index is 12.4. The normalized spacial score (nSPS) is 14.4. The lowest BCUT2D eigenvalue weighted by Gasteiger charge is -2.36. The third-order valence-electron chi connectivity index (χ3n) is 4.47. The van der Waals surface area contributed by atoms with Gasteiger partial charge in [-0.2, -0.15) is 0 Å². The maximum Gasteiger partial charge on any atom is 0.317 e. The third-order valence-corrected chi connectivity index (χ3v) is 4.47. The van der Waals surface area contributed by atoms with Crippen molar-refractivity contribution in [1.29, 1.82) is 0 Å². The van der Waals surface area contributed by atoms with E-state index in [1.54, 1.807) is 7.11 Å². The van der Waals surface area contributed by atoms with Gasteiger partial charge in [0, 0.05) is 45.5 Å². The zero-order valence-corrected chi connectivity index (χ0v) is 14.6. The highest BCUT2D eigenvalue weighted by atomic mass is 16.5. The second-order valence-corrected chi connectivity index (χ2v) is 6.22. The molecule has 1 N–H and O–H groups in total. The van der Waals surface area contributed by atoms with Crippen LogP contribution in [0.4, 0.5) is 10.5 Å². The quantitative estimate of drug-likeness (QED) is 0.911. The Morgan fingerprint density at radius 3 is 2.24 bits per heavy atom. The van der Waals surface area contributed by atoms with E-state index in [1.807, 2.05) is 47.4 Å². The zero-order chi connectivity index (χ0) is 17.5. The van der Waals surface area contributed by atoms with Crippen LogP contribution in [0.25, 0.3) is 0 Å². The molecule has 0 saturated carbocycles. The van der Waals surface area contributed by atoms with E-state index in [0.29, 0.717) is 13.2 Å². The lowest BCUT2D eigenvalue weighted by atomic mass is 10.1. The average molecular weight is 339 g/mol. The van der Waals surface area contributed by atoms with E-state index >= 15 is 0 Å². The molecule has 2 aromatic carbocycles. The molecule has 25 heavy (non-hydrogen) atoms. The summed E-state index contributed by atoms with van der Waals surface area (Å²) in [6, 6.07) is 18.5. The molecule has 0 aromatic heterocycles. The molecular weight excluding hydrogens is 314 g/mol. The van der Waals surface area contributed by atoms with E-state index in [-0.39, 0.29) is 6.03 Å². The molecule has 5 heteroatoms. The van der Waals surface area contributed by atoms with Crippen LogP contribution in [0, 0.1) is 0 Å². The first-order chi connectivity index (χ1) is 12.3. The van der Waals surface area contributed by atoms with Gasteiger partial charge in [-0.25, -0.2) is 4.79 Å². The highest BCUT2D eigenvalue weighted by Crippen LogP contribution is 2.15. The van der Waals surface area contributed by atoms with E-state index in [2.05, 4.69) is 22.3 Å². The minimum Gasteiger partial charge on any atom is -0.380 e. The highest BCUT2D eigenvalue weighted by Gasteiger charge is 2.20. The average Bonchev–Trinajstić information content (AvgIpc) is 2.68. The standard InChI is InChI=1S/C20H25N3O2/c1-25-16-18-9-7-17(8-10-18)15-21-20(24)23-13-11-22(12-14-23)19-5-3-2-4-6-19/h2-10H,11-16H2,1H3,(H,21,24). The number of piperazine rings is 1. The lowest BCUT2D eigenvalue weighted by molar-refractivity contribution is 0.185. The van der Waals surface area contributed by atoms with Crippen LogP contribution < -0.4 is 10.2 Å². The van der Waals surface area contributed by atoms with Crippen LogP contribution in [0.5, 0.6) is 0 Å². The Morgan fingerprint density at radius 1 is 0.960 bits per heavy atom. The van der Waals surface area contributed by atoms with Gasteiger partial charge < -0.3 is 19.9 Å². The summed E-state index contributed by atoms with van der Waals surface area (Å²) in [6.07, 6.45) is 0. The molecule has 2 aromatic rings. The van der Waals surface area contributed by atoms with E-state index < -0.39 is 0 Å². The van der Waals surface area contributed by atoms with Gasteiger partial charge in [-0.3, -0.25) is 0 Å². The summed E-state index contributed by atoms with van der Waals surface area (Å²) in [6.45, 7) is 4.37. The molecule has 132 valence electrons. The number of nitrogens with zero attached hydrogens (tertiary/aromatic N) is 2. The summed E-state index contributed by atoms with van der Waals surface area (Å²) in [5.74, 6) is 0. The first-order valence-corrected chi connectivity index (χ1v) is 8.66. The molecule has 1 aliphatic heterocycles. The fourth-order valence-electron chi connectivity index (χ4n) is 3.02. The molecule has 0 bridgehead atoms. The van der Waals surface area contributed by atoms with Crippen LogP contribution in [-0.2, 0) is 17.9 Å². The van der Waals surface area contributed by atoms with Crippen molar-refractivity contribution in [2.45, 2.75) is 13.2 Å². The Balaban J connectivity index is 1.45. The molecular formula is C20H25N3O2. The van der Waals surface area contributed by atoms with Crippen LogP contribution in [0.3, 0.4) is 0 Å². The molecule has 1 heterocycles. The smallest absolute Gasteiger partial charge is 0.317 e. The first-order valence-electron chi connectivity index (χ1n) is 8.66. The van der Waals surface area contributed by atoms with Gasteiger partial charge >= 0.3 is 6.03 Å². The molecule has 0 radical (unpaired) electrons. The maximum atomic E-state index is 12.4. The molecule has 1 aliphatic rings. The topological polar surface area (TPSA) is 44.8 Å². The Labute approximate surface area is 149 Å². The SMILES string of the molecule is COCc1ccc(CNC(=O)N2CCN(c3ccccc3)CC2)cc1. The minimum atomic E-state index is 0.00804. The van der Waals surface area contributed by atoms with Gasteiger partial charge in [-0.05, 0) is 23.3 Å². The molecule has 0 atom stereocenters. The number of para-hydroxylation sites is 1. The zero-order valence-electron chi connectivity index (χ0n) is 14.6. The van der Waals surface area contributed by atoms with E-state index in [9.17, 15) is 4.79 Å². The number of urea groups is 1. The van der Waals surface area contributed by atoms with Crippen LogP contribution >= 0.6 is 0 Å². The Bertz CT molecular complexity index is 665. The molecule has 1 saturated heterocycles. The van der Waals surface area contributed by atoms with Gasteiger partial charge in [-0.15, -0.1) is 0 Å². The van der Waals surface area contributed by atoms with Crippen molar-refractivity contribution in [2.75, 3.05) is 38.2 Å². The number of nitrogens with one attached hydrogen (secondary N) is 1. The fourth-order valence-corrected chi connectivity index (χ4v) is 3.02. The van der Waals surface area contributed by atoms with Crippen molar-refractivity contribution < 1.29 is 9.53 Å². The molecule has 1 fully saturated rings. The molecule has 0 spiro atoms. The summed E-state index contributed by atoms with van der Waals surface area (Å²) >= 11 is 0. The van der Waals surface area contributed by atoms with Crippen molar-refractivity contribution in [3.8, 4) is 0 Å². The number of carbonyl (C=O) groups excluding carboxylic acids is 1. The van der Waals surface area contributed by atoms with Crippen molar-refractivity contribution in [2.24, 2.45) is 0 Å². The van der Waals surface area contributed by atoms with Crippen molar-refractivity contribution in [3.63, 3.8) is 0 Å². The molecule has 2 amide bonds. The first kappa shape index (κ1) is 17.3. The second kappa shape index (κ2) is 8.53. The fraction of sp³-hybridized carbons (Fsp3) is 0.350. The summed E-state index contributed by atoms with van der Waals surface area (Å²) in [5, 5.41) is 3.01. The van der Waals surface area contributed by atoms with Crippen molar-refractivity contribution in [3.05, 3.63) is 65.7 Å². The highest BCUT2D eigenvalue weighted by molar-refractivity contribution is 5.74. The van der Waals surface area contributed by atoms with E-state index in [4.69, 9.17) is 4.74 Å². The van der Waals surface area contributed by atoms with Gasteiger partial charge in [0.25, 0.3) is 0 Å². The molecule has 0 aliphatic carbocycles. The van der Waals surface area contributed by atoms with Crippen molar-refractivity contribution in [1.82, 2.24) is 10.2 Å². The number of hydrogen-bond acceptors (Lipinski definition) is 3. The van der Waals surface area contributed by atoms with Crippen LogP contribution in [0.15, 0.2) is 54.6 Å². The molecule has 5 nitrogen and oxygen atoms in total. The van der Waals surface area contributed by atoms with Gasteiger partial charge in [0.1, 0.15) is 0 Å². The largest absolute Gasteiger partial charge is 0.380 e. The number of amides is 2. The summed E-state index contributed by atoms with van der Waals surface area (Å²) in [4.78, 5) is 16.6. The Hall–Kier alpha value is -2.53. The predicted octanol–water partition coefficient (Wildman–Crippen LogP) is 2.86. The molecule has 0 unspecified atom stereocenters. The number of anilines is 1. The number of hydrogen-bond donors (Lipinski definition) is 1. The van der Waals surface area contributed by atoms with Crippen LogP contribution in [-0.4, -0.2) is 44.2 Å². The number of methoxy groups -OCH3 is 1.